The van der Waals surface area contributed by atoms with Gasteiger partial charge in [0.2, 0.25) is 0 Å². The number of hydroxylamine groups is 2. The van der Waals surface area contributed by atoms with Crippen molar-refractivity contribution < 1.29 is 10.3 Å². The summed E-state index contributed by atoms with van der Waals surface area (Å²) in [5.74, 6) is 0.779. The maximum absolute atomic E-state index is 10.1. The highest BCUT2D eigenvalue weighted by molar-refractivity contribution is 4.83. The summed E-state index contributed by atoms with van der Waals surface area (Å²) in [6.07, 6.45) is 3.51. The Hall–Kier alpha value is -0.0800. The number of nitrogens with one attached hydrogen (secondary N) is 1. The van der Waals surface area contributed by atoms with Gasteiger partial charge in [-0.05, 0) is 33.6 Å². The lowest BCUT2D eigenvalue weighted by Gasteiger charge is -2.47. The van der Waals surface area contributed by atoms with Crippen LogP contribution in [0.15, 0.2) is 0 Å². The van der Waals surface area contributed by atoms with Crippen molar-refractivity contribution in [1.82, 2.24) is 0 Å². The fourth-order valence-corrected chi connectivity index (χ4v) is 2.91. The molecule has 0 unspecified atom stereocenters. The minimum absolute atomic E-state index is 0.0163. The van der Waals surface area contributed by atoms with E-state index in [1.54, 1.807) is 0 Å². The highest BCUT2D eigenvalue weighted by Gasteiger charge is 2.48. The van der Waals surface area contributed by atoms with Gasteiger partial charge in [0, 0.05) is 12.8 Å². The maximum Gasteiger partial charge on any atom is 0.122 e. The normalized spacial score (nSPS) is 37.4. The Kier molecular flexibility index (Phi) is 2.75. The van der Waals surface area contributed by atoms with Gasteiger partial charge in [-0.15, -0.1) is 0 Å². The van der Waals surface area contributed by atoms with Crippen LogP contribution in [0.3, 0.4) is 0 Å². The summed E-state index contributed by atoms with van der Waals surface area (Å²) < 4.78 is 0. The van der Waals surface area contributed by atoms with E-state index in [4.69, 9.17) is 0 Å². The van der Waals surface area contributed by atoms with Crippen LogP contribution < -0.4 is 5.06 Å². The molecule has 13 heavy (non-hydrogen) atoms. The van der Waals surface area contributed by atoms with Crippen LogP contribution in [0.1, 0.15) is 53.9 Å². The molecule has 2 N–H and O–H groups in total. The van der Waals surface area contributed by atoms with Crippen molar-refractivity contribution in [1.29, 1.82) is 0 Å². The zero-order chi connectivity index (χ0) is 10.3. The van der Waals surface area contributed by atoms with Crippen LogP contribution in [-0.2, 0) is 0 Å². The van der Waals surface area contributed by atoms with Gasteiger partial charge in [-0.2, -0.15) is 5.06 Å². The van der Waals surface area contributed by atoms with Gasteiger partial charge in [0.05, 0.1) is 0 Å². The summed E-state index contributed by atoms with van der Waals surface area (Å²) in [5, 5.41) is 10.8. The van der Waals surface area contributed by atoms with Gasteiger partial charge in [0.25, 0.3) is 0 Å². The molecule has 0 aromatic rings. The zero-order valence-electron chi connectivity index (χ0n) is 9.65. The molecule has 2 nitrogen and oxygen atoms in total. The number of hydrogen-bond acceptors (Lipinski definition) is 1. The molecule has 2 heteroatoms. The summed E-state index contributed by atoms with van der Waals surface area (Å²) >= 11 is 0. The molecular weight excluding hydrogens is 162 g/mol. The van der Waals surface area contributed by atoms with E-state index in [0.717, 1.165) is 18.8 Å². The van der Waals surface area contributed by atoms with Crippen molar-refractivity contribution in [3.63, 3.8) is 0 Å². The van der Waals surface area contributed by atoms with Crippen molar-refractivity contribution in [2.75, 3.05) is 0 Å². The molecule has 0 atom stereocenters. The largest absolute Gasteiger partial charge is 0.218 e. The van der Waals surface area contributed by atoms with Gasteiger partial charge >= 0.3 is 0 Å². The van der Waals surface area contributed by atoms with Crippen molar-refractivity contribution >= 4 is 0 Å². The molecule has 0 aromatic carbocycles. The van der Waals surface area contributed by atoms with Gasteiger partial charge in [-0.25, -0.2) is 5.21 Å². The highest BCUT2D eigenvalue weighted by atomic mass is 16.5. The standard InChI is InChI=1S/C11H23NO/c1-6-9-7-10(2,3)12(13)11(4,5)8-9/h9,13H,6-8H2,1-5H3/p+1. The van der Waals surface area contributed by atoms with Crippen LogP contribution in [0.5, 0.6) is 0 Å². The van der Waals surface area contributed by atoms with Gasteiger partial charge in [-0.1, -0.05) is 13.3 Å². The fourth-order valence-electron chi connectivity index (χ4n) is 2.91. The minimum atomic E-state index is 0.0163. The lowest BCUT2D eigenvalue weighted by molar-refractivity contribution is -1.16. The SMILES string of the molecule is CCC1CC(C)(C)[NH+](O)C(C)(C)C1. The summed E-state index contributed by atoms with van der Waals surface area (Å²) in [6.45, 7) is 10.9. The summed E-state index contributed by atoms with van der Waals surface area (Å²) in [7, 11) is 0. The first-order valence-electron chi connectivity index (χ1n) is 5.36. The van der Waals surface area contributed by atoms with Crippen LogP contribution in [0.4, 0.5) is 0 Å². The average Bonchev–Trinajstić information content (AvgIpc) is 1.99. The third kappa shape index (κ3) is 2.05. The molecule has 0 spiro atoms. The molecule has 0 aromatic heterocycles. The second-order valence-corrected chi connectivity index (χ2v) is 5.80. The van der Waals surface area contributed by atoms with Crippen molar-refractivity contribution in [3.8, 4) is 0 Å². The number of rotatable bonds is 1. The van der Waals surface area contributed by atoms with Crippen molar-refractivity contribution in [2.24, 2.45) is 5.92 Å². The molecule has 1 aliphatic rings. The second kappa shape index (κ2) is 3.25. The summed E-state index contributed by atoms with van der Waals surface area (Å²) in [5.41, 5.74) is 0.0326. The molecule has 1 heterocycles. The summed E-state index contributed by atoms with van der Waals surface area (Å²) in [6, 6.07) is 0. The monoisotopic (exact) mass is 186 g/mol. The maximum atomic E-state index is 10.1. The minimum Gasteiger partial charge on any atom is -0.218 e. The number of quaternary nitrogens is 1. The molecule has 0 amide bonds. The predicted octanol–water partition coefficient (Wildman–Crippen LogP) is 1.64. The van der Waals surface area contributed by atoms with E-state index in [9.17, 15) is 5.21 Å². The molecule has 0 bridgehead atoms. The Morgan fingerprint density at radius 3 is 1.85 bits per heavy atom. The summed E-state index contributed by atoms with van der Waals surface area (Å²) in [4.78, 5) is 0. The second-order valence-electron chi connectivity index (χ2n) is 5.80. The third-order valence-electron chi connectivity index (χ3n) is 3.46. The third-order valence-corrected chi connectivity index (χ3v) is 3.46. The van der Waals surface area contributed by atoms with E-state index >= 15 is 0 Å². The van der Waals surface area contributed by atoms with Gasteiger partial charge in [-0.3, -0.25) is 0 Å². The van der Waals surface area contributed by atoms with Crippen LogP contribution in [0, 0.1) is 5.92 Å². The van der Waals surface area contributed by atoms with E-state index in [-0.39, 0.29) is 11.1 Å². The Morgan fingerprint density at radius 1 is 1.15 bits per heavy atom. The van der Waals surface area contributed by atoms with Crippen LogP contribution >= 0.6 is 0 Å². The van der Waals surface area contributed by atoms with Crippen molar-refractivity contribution in [3.05, 3.63) is 0 Å². The zero-order valence-corrected chi connectivity index (χ0v) is 9.65. The number of piperidine rings is 1. The van der Waals surface area contributed by atoms with Gasteiger partial charge < -0.3 is 0 Å². The Labute approximate surface area is 81.9 Å². The first kappa shape index (κ1) is 11.0. The van der Waals surface area contributed by atoms with Crippen LogP contribution in [0.25, 0.3) is 0 Å². The van der Waals surface area contributed by atoms with Crippen molar-refractivity contribution in [2.45, 2.75) is 65.0 Å². The first-order chi connectivity index (χ1) is 5.79. The molecule has 0 aliphatic carbocycles. The molecular formula is C11H24NO+. The van der Waals surface area contributed by atoms with E-state index in [1.165, 1.54) is 6.42 Å². The molecule has 1 saturated heterocycles. The highest BCUT2D eigenvalue weighted by Crippen LogP contribution is 2.30. The lowest BCUT2D eigenvalue weighted by atomic mass is 9.74. The van der Waals surface area contributed by atoms with Gasteiger partial charge in [0.1, 0.15) is 11.1 Å². The molecule has 1 fully saturated rings. The lowest BCUT2D eigenvalue weighted by Crippen LogP contribution is -3.25. The molecule has 0 saturated carbocycles. The quantitative estimate of drug-likeness (QED) is 0.639. The van der Waals surface area contributed by atoms with Gasteiger partial charge in [0.15, 0.2) is 0 Å². The average molecular weight is 186 g/mol. The smallest absolute Gasteiger partial charge is 0.122 e. The Balaban J connectivity index is 2.82. The first-order valence-corrected chi connectivity index (χ1v) is 5.36. The van der Waals surface area contributed by atoms with Crippen LogP contribution in [-0.4, -0.2) is 16.3 Å². The fraction of sp³-hybridized carbons (Fsp3) is 1.00. The van der Waals surface area contributed by atoms with E-state index in [1.807, 2.05) is 0 Å². The number of hydrogen-bond donors (Lipinski definition) is 2. The molecule has 0 radical (unpaired) electrons. The Bertz CT molecular complexity index is 169. The molecule has 78 valence electrons. The predicted molar refractivity (Wildman–Crippen MR) is 53.9 cm³/mol. The topological polar surface area (TPSA) is 24.7 Å². The van der Waals surface area contributed by atoms with E-state index < -0.39 is 0 Å². The van der Waals surface area contributed by atoms with E-state index in [0.29, 0.717) is 5.06 Å². The Morgan fingerprint density at radius 2 is 1.54 bits per heavy atom. The van der Waals surface area contributed by atoms with E-state index in [2.05, 4.69) is 34.6 Å². The molecule has 1 rings (SSSR count). The van der Waals surface area contributed by atoms with Crippen LogP contribution in [0.2, 0.25) is 0 Å². The molecule has 1 aliphatic heterocycles.